The van der Waals surface area contributed by atoms with Crippen LogP contribution in [0.5, 0.6) is 5.75 Å². The number of sulfonamides is 1. The Balaban J connectivity index is 1.91. The van der Waals surface area contributed by atoms with E-state index in [0.717, 1.165) is 0 Å². The van der Waals surface area contributed by atoms with Crippen molar-refractivity contribution < 1.29 is 27.1 Å². The molecule has 2 aromatic rings. The Morgan fingerprint density at radius 1 is 1.12 bits per heavy atom. The van der Waals surface area contributed by atoms with E-state index in [0.29, 0.717) is 0 Å². The van der Waals surface area contributed by atoms with E-state index in [4.69, 9.17) is 9.47 Å². The molecule has 0 unspecified atom stereocenters. The van der Waals surface area contributed by atoms with E-state index in [1.54, 1.807) is 6.07 Å². The lowest BCUT2D eigenvalue weighted by molar-refractivity contribution is 0.0448. The van der Waals surface area contributed by atoms with Crippen LogP contribution in [0.3, 0.4) is 0 Å². The Hall–Kier alpha value is -2.45. The van der Waals surface area contributed by atoms with Crippen molar-refractivity contribution in [3.05, 3.63) is 59.9 Å². The van der Waals surface area contributed by atoms with Gasteiger partial charge in [0.25, 0.3) is 0 Å². The molecule has 0 bridgehead atoms. The van der Waals surface area contributed by atoms with Gasteiger partial charge in [-0.1, -0.05) is 18.2 Å². The number of rotatable bonds is 7. The van der Waals surface area contributed by atoms with Crippen LogP contribution in [0.1, 0.15) is 10.4 Å². The minimum Gasteiger partial charge on any atom is -0.487 e. The fourth-order valence-electron chi connectivity index (χ4n) is 1.84. The number of halogens is 1. The van der Waals surface area contributed by atoms with E-state index in [2.05, 4.69) is 4.72 Å². The molecular formula is C16H16FNO5S. The zero-order chi connectivity index (χ0) is 17.6. The van der Waals surface area contributed by atoms with Crippen molar-refractivity contribution in [3.63, 3.8) is 0 Å². The van der Waals surface area contributed by atoms with E-state index >= 15 is 0 Å². The predicted molar refractivity (Wildman–Crippen MR) is 84.9 cm³/mol. The fraction of sp³-hybridized carbons (Fsp3) is 0.188. The van der Waals surface area contributed by atoms with Crippen LogP contribution in [0.2, 0.25) is 0 Å². The third-order valence-electron chi connectivity index (χ3n) is 3.06. The Labute approximate surface area is 139 Å². The highest BCUT2D eigenvalue weighted by molar-refractivity contribution is 7.89. The van der Waals surface area contributed by atoms with E-state index < -0.39 is 21.8 Å². The molecule has 0 aliphatic heterocycles. The topological polar surface area (TPSA) is 81.7 Å². The van der Waals surface area contributed by atoms with Gasteiger partial charge >= 0.3 is 5.97 Å². The molecule has 0 aromatic heterocycles. The second-order valence-electron chi connectivity index (χ2n) is 4.65. The maximum absolute atomic E-state index is 13.3. The van der Waals surface area contributed by atoms with Gasteiger partial charge in [0.1, 0.15) is 13.2 Å². The average molecular weight is 353 g/mol. The summed E-state index contributed by atoms with van der Waals surface area (Å²) in [5, 5.41) is 0. The second-order valence-corrected chi connectivity index (χ2v) is 6.54. The number of para-hydroxylation sites is 1. The minimum atomic E-state index is -3.64. The molecule has 0 amide bonds. The van der Waals surface area contributed by atoms with Gasteiger partial charge in [-0.2, -0.15) is 0 Å². The number of carbonyl (C=O) groups is 1. The van der Waals surface area contributed by atoms with Crippen molar-refractivity contribution >= 4 is 16.0 Å². The van der Waals surface area contributed by atoms with Crippen LogP contribution in [-0.4, -0.2) is 34.6 Å². The van der Waals surface area contributed by atoms with Crippen molar-refractivity contribution in [1.82, 2.24) is 4.72 Å². The Morgan fingerprint density at radius 2 is 1.88 bits per heavy atom. The quantitative estimate of drug-likeness (QED) is 0.608. The monoisotopic (exact) mass is 353 g/mol. The number of hydrogen-bond donors (Lipinski definition) is 1. The van der Waals surface area contributed by atoms with Gasteiger partial charge in [-0.3, -0.25) is 0 Å². The van der Waals surface area contributed by atoms with Gasteiger partial charge < -0.3 is 9.47 Å². The number of carbonyl (C=O) groups excluding carboxylic acids is 1. The van der Waals surface area contributed by atoms with E-state index in [1.807, 2.05) is 0 Å². The fourth-order valence-corrected chi connectivity index (χ4v) is 2.61. The van der Waals surface area contributed by atoms with Gasteiger partial charge in [-0.25, -0.2) is 22.3 Å². The maximum atomic E-state index is 13.3. The Kier molecular flexibility index (Phi) is 5.88. The first-order valence-electron chi connectivity index (χ1n) is 7.02. The van der Waals surface area contributed by atoms with Crippen LogP contribution < -0.4 is 9.46 Å². The van der Waals surface area contributed by atoms with Crippen molar-refractivity contribution in [1.29, 1.82) is 0 Å². The molecule has 0 saturated heterocycles. The lowest BCUT2D eigenvalue weighted by Crippen LogP contribution is -2.19. The smallest absolute Gasteiger partial charge is 0.338 e. The third-order valence-corrected chi connectivity index (χ3v) is 4.47. The molecule has 0 aliphatic rings. The molecule has 128 valence electrons. The van der Waals surface area contributed by atoms with Gasteiger partial charge in [0, 0.05) is 0 Å². The molecule has 0 atom stereocenters. The van der Waals surface area contributed by atoms with E-state index in [9.17, 15) is 17.6 Å². The number of esters is 1. The van der Waals surface area contributed by atoms with Crippen molar-refractivity contribution in [2.45, 2.75) is 4.90 Å². The summed E-state index contributed by atoms with van der Waals surface area (Å²) >= 11 is 0. The number of benzene rings is 2. The van der Waals surface area contributed by atoms with Crippen LogP contribution in [0, 0.1) is 5.82 Å². The van der Waals surface area contributed by atoms with Crippen LogP contribution >= 0.6 is 0 Å². The van der Waals surface area contributed by atoms with Gasteiger partial charge in [0.05, 0.1) is 10.5 Å². The summed E-state index contributed by atoms with van der Waals surface area (Å²) in [7, 11) is -2.37. The number of ether oxygens (including phenoxy) is 2. The molecule has 0 aliphatic carbocycles. The first-order chi connectivity index (χ1) is 11.4. The molecule has 6 nitrogen and oxygen atoms in total. The molecule has 0 fully saturated rings. The minimum absolute atomic E-state index is 0.0266. The maximum Gasteiger partial charge on any atom is 0.338 e. The van der Waals surface area contributed by atoms with Gasteiger partial charge in [0.15, 0.2) is 11.6 Å². The predicted octanol–water partition coefficient (Wildman–Crippen LogP) is 1.97. The molecule has 0 radical (unpaired) electrons. The van der Waals surface area contributed by atoms with Crippen molar-refractivity contribution in [2.24, 2.45) is 0 Å². The molecule has 0 saturated carbocycles. The molecule has 24 heavy (non-hydrogen) atoms. The van der Waals surface area contributed by atoms with Crippen LogP contribution in [0.4, 0.5) is 4.39 Å². The SMILES string of the molecule is CNS(=O)(=O)c1cccc(C(=O)OCCOc2ccccc2F)c1. The lowest BCUT2D eigenvalue weighted by Gasteiger charge is -2.09. The summed E-state index contributed by atoms with van der Waals surface area (Å²) in [4.78, 5) is 11.9. The molecule has 2 aromatic carbocycles. The summed E-state index contributed by atoms with van der Waals surface area (Å²) in [6.07, 6.45) is 0. The van der Waals surface area contributed by atoms with Crippen LogP contribution in [-0.2, 0) is 14.8 Å². The summed E-state index contributed by atoms with van der Waals surface area (Å²) in [5.74, 6) is -1.13. The zero-order valence-electron chi connectivity index (χ0n) is 12.9. The summed E-state index contributed by atoms with van der Waals surface area (Å²) in [6, 6.07) is 11.3. The molecule has 8 heteroatoms. The highest BCUT2D eigenvalue weighted by atomic mass is 32.2. The highest BCUT2D eigenvalue weighted by Crippen LogP contribution is 2.15. The lowest BCUT2D eigenvalue weighted by atomic mass is 10.2. The standard InChI is InChI=1S/C16H16FNO5S/c1-18-24(20,21)13-6-4-5-12(11-13)16(19)23-10-9-22-15-8-3-2-7-14(15)17/h2-8,11,18H,9-10H2,1H3. The van der Waals surface area contributed by atoms with Crippen LogP contribution in [0.15, 0.2) is 53.4 Å². The summed E-state index contributed by atoms with van der Waals surface area (Å²) in [6.45, 7) is -0.128. The van der Waals surface area contributed by atoms with Gasteiger partial charge in [0.2, 0.25) is 10.0 Å². The normalized spacial score (nSPS) is 11.1. The summed E-state index contributed by atoms with van der Waals surface area (Å²) < 4.78 is 49.1. The van der Waals surface area contributed by atoms with Gasteiger partial charge in [-0.15, -0.1) is 0 Å². The molecule has 0 spiro atoms. The number of nitrogens with one attached hydrogen (secondary N) is 1. The van der Waals surface area contributed by atoms with E-state index in [-0.39, 0.29) is 29.4 Å². The second kappa shape index (κ2) is 7.89. The van der Waals surface area contributed by atoms with Gasteiger partial charge in [-0.05, 0) is 37.4 Å². The average Bonchev–Trinajstić information content (AvgIpc) is 2.60. The Morgan fingerprint density at radius 3 is 2.58 bits per heavy atom. The first kappa shape index (κ1) is 17.9. The molecule has 0 heterocycles. The first-order valence-corrected chi connectivity index (χ1v) is 8.50. The van der Waals surface area contributed by atoms with E-state index in [1.165, 1.54) is 49.5 Å². The molecule has 2 rings (SSSR count). The Bertz CT molecular complexity index is 823. The zero-order valence-corrected chi connectivity index (χ0v) is 13.7. The third kappa shape index (κ3) is 4.53. The summed E-state index contributed by atoms with van der Waals surface area (Å²) in [5.41, 5.74) is 0.0946. The number of hydrogen-bond acceptors (Lipinski definition) is 5. The molecule has 1 N–H and O–H groups in total. The highest BCUT2D eigenvalue weighted by Gasteiger charge is 2.15. The largest absolute Gasteiger partial charge is 0.487 e. The molecular weight excluding hydrogens is 337 g/mol. The van der Waals surface area contributed by atoms with Crippen molar-refractivity contribution in [3.8, 4) is 5.75 Å². The van der Waals surface area contributed by atoms with Crippen LogP contribution in [0.25, 0.3) is 0 Å². The van der Waals surface area contributed by atoms with Crippen molar-refractivity contribution in [2.75, 3.05) is 20.3 Å².